The molecule has 0 spiro atoms. The summed E-state index contributed by atoms with van der Waals surface area (Å²) in [6, 6.07) is 0.635. The van der Waals surface area contributed by atoms with Crippen LogP contribution in [0, 0.1) is 13.8 Å². The van der Waals surface area contributed by atoms with Crippen molar-refractivity contribution in [3.05, 3.63) is 15.6 Å². The lowest BCUT2D eigenvalue weighted by atomic mass is 10.2. The second kappa shape index (κ2) is 6.08. The molecule has 1 saturated carbocycles. The van der Waals surface area contributed by atoms with Gasteiger partial charge in [-0.25, -0.2) is 4.98 Å². The van der Waals surface area contributed by atoms with Crippen molar-refractivity contribution in [1.82, 2.24) is 9.88 Å². The highest BCUT2D eigenvalue weighted by atomic mass is 32.1. The van der Waals surface area contributed by atoms with Crippen molar-refractivity contribution in [1.29, 1.82) is 0 Å². The zero-order valence-electron chi connectivity index (χ0n) is 11.1. The van der Waals surface area contributed by atoms with Crippen LogP contribution in [0.5, 0.6) is 0 Å². The van der Waals surface area contributed by atoms with Crippen LogP contribution in [0.3, 0.4) is 0 Å². The van der Waals surface area contributed by atoms with Gasteiger partial charge < -0.3 is 5.73 Å². The average Bonchev–Trinajstić information content (AvgIpc) is 2.88. The highest BCUT2D eigenvalue weighted by Crippen LogP contribution is 2.26. The minimum atomic E-state index is 0.590. The highest BCUT2D eigenvalue weighted by Gasteiger charge is 2.24. The van der Waals surface area contributed by atoms with Gasteiger partial charge in [-0.3, -0.25) is 4.90 Å². The fraction of sp³-hybridized carbons (Fsp3) is 0.692. The molecule has 1 aromatic rings. The number of rotatable bonds is 5. The monoisotopic (exact) mass is 283 g/mol. The first-order valence-corrected chi connectivity index (χ1v) is 7.74. The molecule has 3 nitrogen and oxygen atoms in total. The third-order valence-corrected chi connectivity index (χ3v) is 4.80. The maximum absolute atomic E-state index is 5.72. The third-order valence-electron chi connectivity index (χ3n) is 3.61. The van der Waals surface area contributed by atoms with Crippen molar-refractivity contribution in [3.63, 3.8) is 0 Å². The maximum Gasteiger partial charge on any atom is 0.107 e. The van der Waals surface area contributed by atoms with Gasteiger partial charge in [0.2, 0.25) is 0 Å². The predicted molar refractivity (Wildman–Crippen MR) is 81.0 cm³/mol. The molecule has 0 radical (unpaired) electrons. The van der Waals surface area contributed by atoms with Crippen LogP contribution in [0.4, 0.5) is 0 Å². The Kier molecular flexibility index (Phi) is 4.70. The van der Waals surface area contributed by atoms with Gasteiger partial charge in [-0.1, -0.05) is 25.1 Å². The smallest absolute Gasteiger partial charge is 0.107 e. The van der Waals surface area contributed by atoms with Gasteiger partial charge in [0.15, 0.2) is 0 Å². The van der Waals surface area contributed by atoms with Crippen LogP contribution in [0.1, 0.15) is 41.3 Å². The van der Waals surface area contributed by atoms with Crippen LogP contribution < -0.4 is 5.73 Å². The van der Waals surface area contributed by atoms with Crippen LogP contribution in [-0.2, 0) is 6.54 Å². The first-order valence-electron chi connectivity index (χ1n) is 6.51. The molecule has 0 atom stereocenters. The number of thiocarbonyl (C=S) groups is 1. The zero-order valence-corrected chi connectivity index (χ0v) is 12.7. The van der Waals surface area contributed by atoms with Crippen LogP contribution >= 0.6 is 23.6 Å². The summed E-state index contributed by atoms with van der Waals surface area (Å²) >= 11 is 6.87. The summed E-state index contributed by atoms with van der Waals surface area (Å²) in [5.74, 6) is 0. The van der Waals surface area contributed by atoms with Gasteiger partial charge in [-0.15, -0.1) is 11.3 Å². The average molecular weight is 283 g/mol. The van der Waals surface area contributed by atoms with Crippen molar-refractivity contribution in [2.45, 2.75) is 52.1 Å². The van der Waals surface area contributed by atoms with Gasteiger partial charge in [-0.2, -0.15) is 0 Å². The Morgan fingerprint density at radius 1 is 1.44 bits per heavy atom. The van der Waals surface area contributed by atoms with Gasteiger partial charge >= 0.3 is 0 Å². The number of nitrogens with zero attached hydrogens (tertiary/aromatic N) is 2. The summed E-state index contributed by atoms with van der Waals surface area (Å²) in [6.45, 7) is 5.81. The molecule has 5 heteroatoms. The summed E-state index contributed by atoms with van der Waals surface area (Å²) in [5, 5.41) is 1.19. The minimum absolute atomic E-state index is 0.590. The fourth-order valence-corrected chi connectivity index (χ4v) is 3.69. The second-order valence-electron chi connectivity index (χ2n) is 5.06. The van der Waals surface area contributed by atoms with E-state index in [1.165, 1.54) is 35.6 Å². The molecule has 1 heterocycles. The highest BCUT2D eigenvalue weighted by molar-refractivity contribution is 7.80. The van der Waals surface area contributed by atoms with Gasteiger partial charge in [0.1, 0.15) is 5.01 Å². The summed E-state index contributed by atoms with van der Waals surface area (Å²) < 4.78 is 0. The molecular formula is C13H21N3S2. The van der Waals surface area contributed by atoms with E-state index in [0.29, 0.717) is 11.0 Å². The van der Waals surface area contributed by atoms with Gasteiger partial charge in [0.05, 0.1) is 17.2 Å². The summed E-state index contributed by atoms with van der Waals surface area (Å²) in [4.78, 5) is 8.93. The standard InChI is InChI=1S/C13H21N3S2/c1-9-10(2)18-13(15-9)8-16(7-12(14)17)11-5-3-4-6-11/h11H,3-8H2,1-2H3,(H2,14,17). The molecule has 1 fully saturated rings. The Bertz CT molecular complexity index is 402. The Balaban J connectivity index is 2.06. The van der Waals surface area contributed by atoms with E-state index in [4.69, 9.17) is 18.0 Å². The predicted octanol–water partition coefficient (Wildman–Crippen LogP) is 2.79. The maximum atomic E-state index is 5.72. The first kappa shape index (κ1) is 13.9. The van der Waals surface area contributed by atoms with Crippen LogP contribution in [0.25, 0.3) is 0 Å². The van der Waals surface area contributed by atoms with Gasteiger partial charge in [0.25, 0.3) is 0 Å². The molecule has 2 rings (SSSR count). The van der Waals surface area contributed by atoms with E-state index in [0.717, 1.165) is 18.8 Å². The number of thiazole rings is 1. The molecule has 100 valence electrons. The molecule has 0 aliphatic heterocycles. The zero-order chi connectivity index (χ0) is 13.1. The van der Waals surface area contributed by atoms with Crippen LogP contribution in [-0.4, -0.2) is 27.5 Å². The summed E-state index contributed by atoms with van der Waals surface area (Å²) in [6.07, 6.45) is 5.20. The SMILES string of the molecule is Cc1nc(CN(CC(N)=S)C2CCCC2)sc1C. The van der Waals surface area contributed by atoms with Gasteiger partial charge in [0, 0.05) is 17.5 Å². The number of aromatic nitrogens is 1. The van der Waals surface area contributed by atoms with Crippen LogP contribution in [0.15, 0.2) is 0 Å². The molecule has 1 aliphatic carbocycles. The van der Waals surface area contributed by atoms with E-state index in [2.05, 4.69) is 23.7 Å². The molecule has 0 saturated heterocycles. The molecular weight excluding hydrogens is 262 g/mol. The molecule has 0 aromatic carbocycles. The molecule has 0 unspecified atom stereocenters. The lowest BCUT2D eigenvalue weighted by Crippen LogP contribution is -2.38. The Hall–Kier alpha value is -0.520. The van der Waals surface area contributed by atoms with E-state index >= 15 is 0 Å². The quantitative estimate of drug-likeness (QED) is 0.844. The summed E-state index contributed by atoms with van der Waals surface area (Å²) in [5.41, 5.74) is 6.87. The second-order valence-corrected chi connectivity index (χ2v) is 6.87. The number of hydrogen-bond acceptors (Lipinski definition) is 4. The van der Waals surface area contributed by atoms with E-state index in [9.17, 15) is 0 Å². The topological polar surface area (TPSA) is 42.2 Å². The normalized spacial score (nSPS) is 16.6. The Labute approximate surface area is 118 Å². The lowest BCUT2D eigenvalue weighted by molar-refractivity contribution is 0.218. The van der Waals surface area contributed by atoms with E-state index in [-0.39, 0.29) is 0 Å². The molecule has 1 aliphatic rings. The number of nitrogens with two attached hydrogens (primary N) is 1. The van der Waals surface area contributed by atoms with Crippen LogP contribution in [0.2, 0.25) is 0 Å². The molecule has 2 N–H and O–H groups in total. The fourth-order valence-electron chi connectivity index (χ4n) is 2.56. The Morgan fingerprint density at radius 2 is 2.11 bits per heavy atom. The number of aryl methyl sites for hydroxylation is 2. The first-order chi connectivity index (χ1) is 8.56. The van der Waals surface area contributed by atoms with Crippen molar-refractivity contribution in [2.24, 2.45) is 5.73 Å². The van der Waals surface area contributed by atoms with Crippen molar-refractivity contribution in [2.75, 3.05) is 6.54 Å². The molecule has 1 aromatic heterocycles. The minimum Gasteiger partial charge on any atom is -0.392 e. The van der Waals surface area contributed by atoms with Crippen molar-refractivity contribution >= 4 is 28.5 Å². The van der Waals surface area contributed by atoms with E-state index in [1.54, 1.807) is 11.3 Å². The van der Waals surface area contributed by atoms with Crippen molar-refractivity contribution < 1.29 is 0 Å². The summed E-state index contributed by atoms with van der Waals surface area (Å²) in [7, 11) is 0. The number of hydrogen-bond donors (Lipinski definition) is 1. The lowest BCUT2D eigenvalue weighted by Gasteiger charge is -2.27. The van der Waals surface area contributed by atoms with E-state index < -0.39 is 0 Å². The Morgan fingerprint density at radius 3 is 2.61 bits per heavy atom. The third kappa shape index (κ3) is 3.49. The van der Waals surface area contributed by atoms with Crippen molar-refractivity contribution in [3.8, 4) is 0 Å². The molecule has 0 bridgehead atoms. The largest absolute Gasteiger partial charge is 0.392 e. The van der Waals surface area contributed by atoms with E-state index in [1.807, 2.05) is 0 Å². The molecule has 0 amide bonds. The molecule has 18 heavy (non-hydrogen) atoms. The van der Waals surface area contributed by atoms with Gasteiger partial charge in [-0.05, 0) is 26.7 Å².